The number of methoxy groups -OCH3 is 1. The third kappa shape index (κ3) is 6.31. The number of aromatic nitrogens is 1. The number of benzene rings is 2. The first-order valence-corrected chi connectivity index (χ1v) is 19.1. The average Bonchev–Trinajstić information content (AvgIpc) is 3.32. The van der Waals surface area contributed by atoms with Gasteiger partial charge in [0, 0.05) is 61.7 Å². The molecule has 2 aliphatic heterocycles. The van der Waals surface area contributed by atoms with E-state index in [1.807, 2.05) is 32.0 Å². The highest BCUT2D eigenvalue weighted by molar-refractivity contribution is 7.87. The Bertz CT molecular complexity index is 1900. The van der Waals surface area contributed by atoms with Gasteiger partial charge in [-0.3, -0.25) is 4.79 Å². The van der Waals surface area contributed by atoms with Crippen LogP contribution in [0.25, 0.3) is 22.2 Å². The predicted octanol–water partition coefficient (Wildman–Crippen LogP) is 3.94. The number of carbonyl (C=O) groups is 1. The van der Waals surface area contributed by atoms with Gasteiger partial charge >= 0.3 is 10.2 Å². The summed E-state index contributed by atoms with van der Waals surface area (Å²) in [6, 6.07) is 11.3. The molecule has 2 fully saturated rings. The number of morpholine rings is 1. The standard InChI is InChI=1S/C33H45N5O7S2/c1-22-28-20-25(44-5)12-14-26(28)31-30(23-9-7-6-8-10-23)27-13-11-24(32(39)34-46(40,41)36(3)4)19-29(27)38(31)21-33(22,2)35-47(42,43)37-15-17-45-18-16-37/h11-14,19-20,22-23,35H,6-10,15-18,21H2,1-5H3,(H,34,39). The van der Waals surface area contributed by atoms with Crippen molar-refractivity contribution < 1.29 is 31.1 Å². The van der Waals surface area contributed by atoms with Crippen LogP contribution >= 0.6 is 0 Å². The number of fused-ring (bicyclic) bond motifs is 5. The van der Waals surface area contributed by atoms with E-state index < -0.39 is 31.9 Å². The highest BCUT2D eigenvalue weighted by Crippen LogP contribution is 2.50. The number of rotatable bonds is 8. The van der Waals surface area contributed by atoms with Crippen molar-refractivity contribution in [3.05, 3.63) is 53.1 Å². The number of hydrogen-bond donors (Lipinski definition) is 2. The van der Waals surface area contributed by atoms with Gasteiger partial charge < -0.3 is 14.0 Å². The van der Waals surface area contributed by atoms with Crippen LogP contribution in [0, 0.1) is 0 Å². The SMILES string of the molecule is COc1ccc2c(c1)C(C)C(C)(NS(=O)(=O)N1CCOCC1)Cn1c-2c(C2CCCCC2)c2ccc(C(=O)NS(=O)(=O)N(C)C)cc21. The van der Waals surface area contributed by atoms with Crippen LogP contribution in [0.4, 0.5) is 0 Å². The molecule has 256 valence electrons. The van der Waals surface area contributed by atoms with E-state index in [1.165, 1.54) is 30.4 Å². The van der Waals surface area contributed by atoms with E-state index in [2.05, 4.69) is 20.1 Å². The van der Waals surface area contributed by atoms with Crippen LogP contribution < -0.4 is 14.2 Å². The molecule has 0 bridgehead atoms. The maximum Gasteiger partial charge on any atom is 0.303 e. The molecule has 1 saturated carbocycles. The van der Waals surface area contributed by atoms with Crippen LogP contribution in [0.3, 0.4) is 0 Å². The second-order valence-electron chi connectivity index (χ2n) is 13.3. The van der Waals surface area contributed by atoms with Crippen LogP contribution in [-0.2, 0) is 31.7 Å². The molecule has 0 radical (unpaired) electrons. The summed E-state index contributed by atoms with van der Waals surface area (Å²) in [5.41, 5.74) is 4.09. The first-order chi connectivity index (χ1) is 22.3. The number of nitrogens with zero attached hydrogens (tertiary/aromatic N) is 3. The van der Waals surface area contributed by atoms with Gasteiger partial charge in [0.1, 0.15) is 5.75 Å². The van der Waals surface area contributed by atoms with Crippen molar-refractivity contribution in [2.75, 3.05) is 47.5 Å². The lowest BCUT2D eigenvalue weighted by Crippen LogP contribution is -2.57. The Hall–Kier alpha value is -3.01. The lowest BCUT2D eigenvalue weighted by molar-refractivity contribution is 0.0717. The Balaban J connectivity index is 1.58. The highest BCUT2D eigenvalue weighted by atomic mass is 32.2. The molecule has 2 N–H and O–H groups in total. The Morgan fingerprint density at radius 3 is 2.38 bits per heavy atom. The molecule has 1 aliphatic carbocycles. The first kappa shape index (κ1) is 33.9. The molecule has 2 aromatic carbocycles. The quantitative estimate of drug-likeness (QED) is 0.366. The third-order valence-electron chi connectivity index (χ3n) is 10.2. The van der Waals surface area contributed by atoms with Crippen molar-refractivity contribution in [3.63, 3.8) is 0 Å². The lowest BCUT2D eigenvalue weighted by atomic mass is 9.78. The van der Waals surface area contributed by atoms with E-state index in [1.54, 1.807) is 19.2 Å². The van der Waals surface area contributed by atoms with Gasteiger partial charge in [-0.05, 0) is 67.1 Å². The van der Waals surface area contributed by atoms with Crippen molar-refractivity contribution in [3.8, 4) is 17.0 Å². The van der Waals surface area contributed by atoms with Crippen molar-refractivity contribution in [1.82, 2.24) is 22.6 Å². The van der Waals surface area contributed by atoms with Crippen molar-refractivity contribution in [2.45, 2.75) is 69.9 Å². The summed E-state index contributed by atoms with van der Waals surface area (Å²) in [7, 11) is -3.58. The summed E-state index contributed by atoms with van der Waals surface area (Å²) in [4.78, 5) is 13.3. The molecule has 2 atom stereocenters. The van der Waals surface area contributed by atoms with E-state index in [4.69, 9.17) is 9.47 Å². The largest absolute Gasteiger partial charge is 0.497 e. The van der Waals surface area contributed by atoms with Gasteiger partial charge in [-0.2, -0.15) is 30.2 Å². The van der Waals surface area contributed by atoms with Gasteiger partial charge in [0.15, 0.2) is 0 Å². The minimum Gasteiger partial charge on any atom is -0.497 e. The monoisotopic (exact) mass is 687 g/mol. The van der Waals surface area contributed by atoms with Crippen molar-refractivity contribution in [2.24, 2.45) is 0 Å². The van der Waals surface area contributed by atoms with Crippen LogP contribution in [0.1, 0.15) is 79.3 Å². The Labute approximate surface area is 277 Å². The fourth-order valence-electron chi connectivity index (χ4n) is 7.36. The second-order valence-corrected chi connectivity index (χ2v) is 16.9. The predicted molar refractivity (Wildman–Crippen MR) is 181 cm³/mol. The summed E-state index contributed by atoms with van der Waals surface area (Å²) < 4.78 is 73.8. The van der Waals surface area contributed by atoms with Crippen LogP contribution in [0.15, 0.2) is 36.4 Å². The summed E-state index contributed by atoms with van der Waals surface area (Å²) in [6.07, 6.45) is 5.46. The number of ether oxygens (including phenoxy) is 2. The molecule has 6 rings (SSSR count). The highest BCUT2D eigenvalue weighted by Gasteiger charge is 2.44. The molecule has 14 heteroatoms. The molecule has 47 heavy (non-hydrogen) atoms. The van der Waals surface area contributed by atoms with E-state index in [0.29, 0.717) is 19.0 Å². The van der Waals surface area contributed by atoms with Gasteiger partial charge in [-0.1, -0.05) is 32.3 Å². The van der Waals surface area contributed by atoms with Gasteiger partial charge in [0.2, 0.25) is 0 Å². The molecule has 1 aromatic heterocycles. The van der Waals surface area contributed by atoms with Crippen LogP contribution in [0.5, 0.6) is 5.75 Å². The summed E-state index contributed by atoms with van der Waals surface area (Å²) in [6.45, 7) is 5.44. The second kappa shape index (κ2) is 12.8. The molecule has 12 nitrogen and oxygen atoms in total. The summed E-state index contributed by atoms with van der Waals surface area (Å²) in [5, 5.41) is 0.980. The molecule has 3 heterocycles. The third-order valence-corrected chi connectivity index (χ3v) is 13.4. The Morgan fingerprint density at radius 1 is 1.02 bits per heavy atom. The molecular formula is C33H45N5O7S2. The van der Waals surface area contributed by atoms with Crippen LogP contribution in [0.2, 0.25) is 0 Å². The number of nitrogens with one attached hydrogen (secondary N) is 2. The number of amides is 1. The maximum absolute atomic E-state index is 13.9. The Kier molecular flexibility index (Phi) is 9.22. The van der Waals surface area contributed by atoms with Gasteiger partial charge in [0.25, 0.3) is 16.1 Å². The van der Waals surface area contributed by atoms with Crippen molar-refractivity contribution in [1.29, 1.82) is 0 Å². The van der Waals surface area contributed by atoms with Gasteiger partial charge in [-0.25, -0.2) is 4.72 Å². The first-order valence-electron chi connectivity index (χ1n) is 16.2. The fourth-order valence-corrected chi connectivity index (χ4v) is 9.49. The number of hydrogen-bond acceptors (Lipinski definition) is 7. The minimum atomic E-state index is -4.01. The molecular weight excluding hydrogens is 643 g/mol. The normalized spacial score (nSPS) is 22.9. The van der Waals surface area contributed by atoms with Gasteiger partial charge in [0.05, 0.1) is 31.6 Å². The van der Waals surface area contributed by atoms with E-state index >= 15 is 0 Å². The molecule has 2 unspecified atom stereocenters. The molecule has 1 amide bonds. The van der Waals surface area contributed by atoms with Gasteiger partial charge in [-0.15, -0.1) is 0 Å². The van der Waals surface area contributed by atoms with E-state index in [9.17, 15) is 21.6 Å². The smallest absolute Gasteiger partial charge is 0.303 e. The minimum absolute atomic E-state index is 0.196. The zero-order chi connectivity index (χ0) is 33.7. The summed E-state index contributed by atoms with van der Waals surface area (Å²) >= 11 is 0. The van der Waals surface area contributed by atoms with E-state index in [-0.39, 0.29) is 37.0 Å². The lowest BCUT2D eigenvalue weighted by Gasteiger charge is -2.38. The molecule has 3 aromatic rings. The topological polar surface area (TPSA) is 139 Å². The van der Waals surface area contributed by atoms with Crippen LogP contribution in [-0.4, -0.2) is 89.0 Å². The number of carbonyl (C=O) groups excluding carboxylic acids is 1. The zero-order valence-electron chi connectivity index (χ0n) is 27.7. The van der Waals surface area contributed by atoms with E-state index in [0.717, 1.165) is 57.7 Å². The average molecular weight is 688 g/mol. The molecule has 1 saturated heterocycles. The maximum atomic E-state index is 13.9. The fraction of sp³-hybridized carbons (Fsp3) is 0.545. The summed E-state index contributed by atoms with van der Waals surface area (Å²) in [5.74, 6) is -0.0673. The zero-order valence-corrected chi connectivity index (χ0v) is 29.3. The Morgan fingerprint density at radius 2 is 1.72 bits per heavy atom. The molecule has 0 spiro atoms. The molecule has 3 aliphatic rings. The van der Waals surface area contributed by atoms with Crippen molar-refractivity contribution >= 4 is 37.2 Å².